The number of rotatable bonds is 6. The summed E-state index contributed by atoms with van der Waals surface area (Å²) >= 11 is 5.56. The normalized spacial score (nSPS) is 14.1. The van der Waals surface area contributed by atoms with Crippen LogP contribution in [0.2, 0.25) is 0 Å². The van der Waals surface area contributed by atoms with E-state index >= 15 is 0 Å². The van der Waals surface area contributed by atoms with E-state index in [0.29, 0.717) is 11.6 Å². The van der Waals surface area contributed by atoms with Gasteiger partial charge in [-0.3, -0.25) is 0 Å². The molecule has 20 heavy (non-hydrogen) atoms. The number of alkyl halides is 4. The van der Waals surface area contributed by atoms with Crippen LogP contribution in [-0.2, 0) is 9.84 Å². The highest BCUT2D eigenvalue weighted by Crippen LogP contribution is 2.30. The molecule has 0 radical (unpaired) electrons. The van der Waals surface area contributed by atoms with E-state index in [2.05, 4.69) is 5.32 Å². The molecular weight excluding hydrogens is 315 g/mol. The molecule has 1 aromatic rings. The van der Waals surface area contributed by atoms with Crippen molar-refractivity contribution >= 4 is 27.1 Å². The smallest absolute Gasteiger partial charge is 0.383 e. The summed E-state index contributed by atoms with van der Waals surface area (Å²) in [4.78, 5) is -0.760. The van der Waals surface area contributed by atoms with E-state index in [9.17, 15) is 21.6 Å². The SMILES string of the molecule is CC(CCCCl)Nc1ccc(S(=O)(=O)C(F)(F)F)cc1. The maximum atomic E-state index is 12.4. The van der Waals surface area contributed by atoms with E-state index in [1.807, 2.05) is 6.92 Å². The van der Waals surface area contributed by atoms with E-state index in [0.717, 1.165) is 25.0 Å². The topological polar surface area (TPSA) is 46.2 Å². The van der Waals surface area contributed by atoms with E-state index in [4.69, 9.17) is 11.6 Å². The van der Waals surface area contributed by atoms with Crippen molar-refractivity contribution in [1.29, 1.82) is 0 Å². The number of halogens is 4. The Balaban J connectivity index is 2.80. The Hall–Kier alpha value is -0.950. The molecule has 0 fully saturated rings. The van der Waals surface area contributed by atoms with Gasteiger partial charge in [0, 0.05) is 17.6 Å². The molecule has 0 amide bonds. The standard InChI is InChI=1S/C12H15ClF3NO2S/c1-9(3-2-8-13)17-10-4-6-11(7-5-10)20(18,19)12(14,15)16/h4-7,9,17H,2-3,8H2,1H3. The van der Waals surface area contributed by atoms with Crippen LogP contribution in [0.25, 0.3) is 0 Å². The zero-order chi connectivity index (χ0) is 15.4. The molecule has 1 rings (SSSR count). The molecule has 0 aliphatic rings. The first kappa shape index (κ1) is 17.1. The lowest BCUT2D eigenvalue weighted by Gasteiger charge is -2.15. The molecule has 0 heterocycles. The maximum Gasteiger partial charge on any atom is 0.501 e. The number of sulfone groups is 1. The van der Waals surface area contributed by atoms with Gasteiger partial charge in [-0.25, -0.2) is 8.42 Å². The number of hydrogen-bond acceptors (Lipinski definition) is 3. The summed E-state index contributed by atoms with van der Waals surface area (Å²) in [5.41, 5.74) is -4.72. The summed E-state index contributed by atoms with van der Waals surface area (Å²) < 4.78 is 59.4. The Bertz CT molecular complexity index is 529. The number of benzene rings is 1. The number of anilines is 1. The van der Waals surface area contributed by atoms with Crippen LogP contribution in [0.4, 0.5) is 18.9 Å². The number of hydrogen-bond donors (Lipinski definition) is 1. The molecular formula is C12H15ClF3NO2S. The second kappa shape index (κ2) is 6.67. The first-order valence-electron chi connectivity index (χ1n) is 5.92. The Morgan fingerprint density at radius 2 is 1.80 bits per heavy atom. The molecule has 0 aromatic heterocycles. The quantitative estimate of drug-likeness (QED) is 0.807. The Labute approximate surface area is 121 Å². The molecule has 1 unspecified atom stereocenters. The van der Waals surface area contributed by atoms with Crippen molar-refractivity contribution in [3.63, 3.8) is 0 Å². The van der Waals surface area contributed by atoms with Gasteiger partial charge in [-0.1, -0.05) is 0 Å². The van der Waals surface area contributed by atoms with Crippen LogP contribution in [0.15, 0.2) is 29.2 Å². The van der Waals surface area contributed by atoms with Gasteiger partial charge in [0.2, 0.25) is 0 Å². The summed E-state index contributed by atoms with van der Waals surface area (Å²) in [6.45, 7) is 1.91. The Morgan fingerprint density at radius 3 is 2.25 bits per heavy atom. The van der Waals surface area contributed by atoms with Crippen LogP contribution in [-0.4, -0.2) is 25.8 Å². The van der Waals surface area contributed by atoms with E-state index in [1.165, 1.54) is 12.1 Å². The lowest BCUT2D eigenvalue weighted by Crippen LogP contribution is -2.23. The number of nitrogens with one attached hydrogen (secondary N) is 1. The third-order valence-corrected chi connectivity index (χ3v) is 4.42. The fraction of sp³-hybridized carbons (Fsp3) is 0.500. The summed E-state index contributed by atoms with van der Waals surface area (Å²) in [6.07, 6.45) is 1.63. The summed E-state index contributed by atoms with van der Waals surface area (Å²) in [6, 6.07) is 4.61. The molecule has 0 bridgehead atoms. The first-order valence-corrected chi connectivity index (χ1v) is 7.94. The molecule has 0 spiro atoms. The van der Waals surface area contributed by atoms with Gasteiger partial charge in [-0.05, 0) is 44.0 Å². The van der Waals surface area contributed by atoms with Crippen molar-refractivity contribution < 1.29 is 21.6 Å². The van der Waals surface area contributed by atoms with Crippen LogP contribution >= 0.6 is 11.6 Å². The molecule has 1 atom stereocenters. The third kappa shape index (κ3) is 4.28. The van der Waals surface area contributed by atoms with Gasteiger partial charge in [0.1, 0.15) is 0 Å². The second-order valence-corrected chi connectivity index (χ2v) is 6.67. The molecule has 1 aromatic carbocycles. The zero-order valence-corrected chi connectivity index (χ0v) is 12.3. The lowest BCUT2D eigenvalue weighted by atomic mass is 10.2. The van der Waals surface area contributed by atoms with Crippen molar-refractivity contribution in [1.82, 2.24) is 0 Å². The minimum atomic E-state index is -5.28. The molecule has 0 saturated carbocycles. The Morgan fingerprint density at radius 1 is 1.25 bits per heavy atom. The van der Waals surface area contributed by atoms with E-state index in [1.54, 1.807) is 0 Å². The fourth-order valence-electron chi connectivity index (χ4n) is 1.60. The average Bonchev–Trinajstić information content (AvgIpc) is 2.35. The summed E-state index contributed by atoms with van der Waals surface area (Å²) in [5, 5.41) is 3.06. The van der Waals surface area contributed by atoms with E-state index in [-0.39, 0.29) is 6.04 Å². The first-order chi connectivity index (χ1) is 9.18. The fourth-order valence-corrected chi connectivity index (χ4v) is 2.52. The van der Waals surface area contributed by atoms with Crippen LogP contribution in [0.3, 0.4) is 0 Å². The molecule has 114 valence electrons. The molecule has 0 aliphatic carbocycles. The molecule has 1 N–H and O–H groups in total. The van der Waals surface area contributed by atoms with Crippen molar-refractivity contribution in [3.05, 3.63) is 24.3 Å². The van der Waals surface area contributed by atoms with Gasteiger partial charge in [0.05, 0.1) is 4.90 Å². The third-order valence-electron chi connectivity index (χ3n) is 2.65. The lowest BCUT2D eigenvalue weighted by molar-refractivity contribution is -0.0436. The molecule has 0 saturated heterocycles. The highest BCUT2D eigenvalue weighted by atomic mass is 35.5. The van der Waals surface area contributed by atoms with Gasteiger partial charge in [-0.2, -0.15) is 13.2 Å². The molecule has 0 aliphatic heterocycles. The molecule has 8 heteroatoms. The second-order valence-electron chi connectivity index (χ2n) is 4.35. The predicted octanol–water partition coefficient (Wildman–Crippen LogP) is 3.80. The van der Waals surface area contributed by atoms with Gasteiger partial charge in [-0.15, -0.1) is 11.6 Å². The highest BCUT2D eigenvalue weighted by molar-refractivity contribution is 7.92. The van der Waals surface area contributed by atoms with Gasteiger partial charge in [0.25, 0.3) is 9.84 Å². The zero-order valence-electron chi connectivity index (χ0n) is 10.7. The predicted molar refractivity (Wildman–Crippen MR) is 72.7 cm³/mol. The summed E-state index contributed by atoms with van der Waals surface area (Å²) in [7, 11) is -5.28. The van der Waals surface area contributed by atoms with Crippen molar-refractivity contribution in [2.45, 2.75) is 36.2 Å². The van der Waals surface area contributed by atoms with Gasteiger partial charge < -0.3 is 5.32 Å². The maximum absolute atomic E-state index is 12.4. The summed E-state index contributed by atoms with van der Waals surface area (Å²) in [5.74, 6) is 0.536. The minimum Gasteiger partial charge on any atom is -0.383 e. The molecule has 3 nitrogen and oxygen atoms in total. The van der Waals surface area contributed by atoms with E-state index < -0.39 is 20.2 Å². The van der Waals surface area contributed by atoms with Crippen LogP contribution < -0.4 is 5.32 Å². The monoisotopic (exact) mass is 329 g/mol. The highest BCUT2D eigenvalue weighted by Gasteiger charge is 2.46. The van der Waals surface area contributed by atoms with Gasteiger partial charge in [0.15, 0.2) is 0 Å². The van der Waals surface area contributed by atoms with Crippen LogP contribution in [0.5, 0.6) is 0 Å². The van der Waals surface area contributed by atoms with Crippen molar-refractivity contribution in [3.8, 4) is 0 Å². The van der Waals surface area contributed by atoms with Crippen molar-refractivity contribution in [2.75, 3.05) is 11.2 Å². The largest absolute Gasteiger partial charge is 0.501 e. The minimum absolute atomic E-state index is 0.0961. The van der Waals surface area contributed by atoms with Crippen LogP contribution in [0, 0.1) is 0 Å². The van der Waals surface area contributed by atoms with Gasteiger partial charge >= 0.3 is 5.51 Å². The average molecular weight is 330 g/mol. The Kier molecular flexibility index (Phi) is 5.70. The van der Waals surface area contributed by atoms with Crippen molar-refractivity contribution in [2.24, 2.45) is 0 Å². The van der Waals surface area contributed by atoms with Crippen LogP contribution in [0.1, 0.15) is 19.8 Å².